The van der Waals surface area contributed by atoms with Gasteiger partial charge in [0.2, 0.25) is 0 Å². The highest BCUT2D eigenvalue weighted by Gasteiger charge is 2.30. The van der Waals surface area contributed by atoms with Crippen LogP contribution in [0.25, 0.3) is 0 Å². The highest BCUT2D eigenvalue weighted by molar-refractivity contribution is 5.33. The third-order valence-electron chi connectivity index (χ3n) is 2.45. The molecule has 0 amide bonds. The second kappa shape index (κ2) is 6.13. The van der Waals surface area contributed by atoms with Crippen LogP contribution in [0.2, 0.25) is 0 Å². The molecule has 0 saturated heterocycles. The SMILES string of the molecule is N#Cc1ncccc1COc1ccc(OC(F)(F)F)cc1. The molecule has 0 aliphatic rings. The van der Waals surface area contributed by atoms with E-state index in [0.29, 0.717) is 11.3 Å². The van der Waals surface area contributed by atoms with E-state index in [2.05, 4.69) is 9.72 Å². The normalized spacial score (nSPS) is 10.8. The Balaban J connectivity index is 2.00. The molecule has 0 radical (unpaired) electrons. The minimum Gasteiger partial charge on any atom is -0.489 e. The minimum absolute atomic E-state index is 0.0935. The van der Waals surface area contributed by atoms with Gasteiger partial charge in [0.25, 0.3) is 0 Å². The van der Waals surface area contributed by atoms with Gasteiger partial charge in [-0.05, 0) is 30.3 Å². The van der Waals surface area contributed by atoms with Crippen LogP contribution in [0.4, 0.5) is 13.2 Å². The van der Waals surface area contributed by atoms with Gasteiger partial charge in [0.15, 0.2) is 0 Å². The molecule has 0 aliphatic heterocycles. The maximum atomic E-state index is 12.0. The molecule has 4 nitrogen and oxygen atoms in total. The van der Waals surface area contributed by atoms with Gasteiger partial charge in [0.1, 0.15) is 29.9 Å². The average molecular weight is 294 g/mol. The molecular formula is C14H9F3N2O2. The van der Waals surface area contributed by atoms with Crippen molar-refractivity contribution in [2.24, 2.45) is 0 Å². The average Bonchev–Trinajstić information content (AvgIpc) is 2.45. The molecular weight excluding hydrogens is 285 g/mol. The van der Waals surface area contributed by atoms with Crippen LogP contribution in [0.1, 0.15) is 11.3 Å². The molecule has 7 heteroatoms. The third kappa shape index (κ3) is 4.38. The summed E-state index contributed by atoms with van der Waals surface area (Å²) in [5.74, 6) is 0.0335. The summed E-state index contributed by atoms with van der Waals surface area (Å²) in [5.41, 5.74) is 0.838. The first-order valence-electron chi connectivity index (χ1n) is 5.80. The second-order valence-corrected chi connectivity index (χ2v) is 3.93. The van der Waals surface area contributed by atoms with E-state index < -0.39 is 6.36 Å². The molecule has 0 saturated carbocycles. The van der Waals surface area contributed by atoms with E-state index in [0.717, 1.165) is 12.1 Å². The van der Waals surface area contributed by atoms with Crippen molar-refractivity contribution in [3.8, 4) is 17.6 Å². The monoisotopic (exact) mass is 294 g/mol. The summed E-state index contributed by atoms with van der Waals surface area (Å²) in [4.78, 5) is 3.88. The number of rotatable bonds is 4. The topological polar surface area (TPSA) is 55.1 Å². The number of halogens is 3. The fourth-order valence-corrected chi connectivity index (χ4v) is 1.55. The summed E-state index contributed by atoms with van der Waals surface area (Å²) >= 11 is 0. The lowest BCUT2D eigenvalue weighted by Gasteiger charge is -2.10. The van der Waals surface area contributed by atoms with Crippen LogP contribution in [-0.2, 0) is 6.61 Å². The highest BCUT2D eigenvalue weighted by Crippen LogP contribution is 2.25. The van der Waals surface area contributed by atoms with Crippen LogP contribution >= 0.6 is 0 Å². The summed E-state index contributed by atoms with van der Waals surface area (Å²) in [6.07, 6.45) is -3.23. The van der Waals surface area contributed by atoms with Gasteiger partial charge in [-0.1, -0.05) is 6.07 Å². The molecule has 0 spiro atoms. The van der Waals surface area contributed by atoms with E-state index >= 15 is 0 Å². The van der Waals surface area contributed by atoms with Gasteiger partial charge in [-0.2, -0.15) is 5.26 Å². The zero-order chi connectivity index (χ0) is 15.3. The van der Waals surface area contributed by atoms with Crippen molar-refractivity contribution < 1.29 is 22.6 Å². The maximum absolute atomic E-state index is 12.0. The molecule has 21 heavy (non-hydrogen) atoms. The summed E-state index contributed by atoms with van der Waals surface area (Å²) in [7, 11) is 0. The number of ether oxygens (including phenoxy) is 2. The van der Waals surface area contributed by atoms with E-state index in [-0.39, 0.29) is 18.1 Å². The fraction of sp³-hybridized carbons (Fsp3) is 0.143. The van der Waals surface area contributed by atoms with Crippen LogP contribution < -0.4 is 9.47 Å². The highest BCUT2D eigenvalue weighted by atomic mass is 19.4. The van der Waals surface area contributed by atoms with Crippen LogP contribution in [0.15, 0.2) is 42.6 Å². The smallest absolute Gasteiger partial charge is 0.489 e. The number of pyridine rings is 1. The Hall–Kier alpha value is -2.75. The molecule has 1 aromatic carbocycles. The van der Waals surface area contributed by atoms with Crippen molar-refractivity contribution in [2.75, 3.05) is 0 Å². The summed E-state index contributed by atoms with van der Waals surface area (Å²) in [6.45, 7) is 0.0935. The van der Waals surface area contributed by atoms with E-state index in [4.69, 9.17) is 10.00 Å². The Kier molecular flexibility index (Phi) is 4.28. The van der Waals surface area contributed by atoms with Crippen molar-refractivity contribution in [1.29, 1.82) is 5.26 Å². The van der Waals surface area contributed by atoms with E-state index in [9.17, 15) is 13.2 Å². The first kappa shape index (κ1) is 14.7. The van der Waals surface area contributed by atoms with Crippen molar-refractivity contribution in [2.45, 2.75) is 13.0 Å². The van der Waals surface area contributed by atoms with Gasteiger partial charge >= 0.3 is 6.36 Å². The van der Waals surface area contributed by atoms with Gasteiger partial charge in [-0.25, -0.2) is 4.98 Å². The van der Waals surface area contributed by atoms with Crippen LogP contribution in [0, 0.1) is 11.3 Å². The number of benzene rings is 1. The van der Waals surface area contributed by atoms with Gasteiger partial charge < -0.3 is 9.47 Å². The van der Waals surface area contributed by atoms with Crippen molar-refractivity contribution in [3.05, 3.63) is 53.9 Å². The molecule has 0 atom stereocenters. The first-order chi connectivity index (χ1) is 9.98. The van der Waals surface area contributed by atoms with E-state index in [1.165, 1.54) is 18.3 Å². The molecule has 2 rings (SSSR count). The van der Waals surface area contributed by atoms with Gasteiger partial charge in [-0.15, -0.1) is 13.2 Å². The lowest BCUT2D eigenvalue weighted by Crippen LogP contribution is -2.16. The largest absolute Gasteiger partial charge is 0.573 e. The number of hydrogen-bond donors (Lipinski definition) is 0. The Morgan fingerprint density at radius 3 is 2.38 bits per heavy atom. The summed E-state index contributed by atoms with van der Waals surface area (Å²) in [6, 6.07) is 10.3. The minimum atomic E-state index is -4.72. The molecule has 0 N–H and O–H groups in total. The quantitative estimate of drug-likeness (QED) is 0.867. The predicted molar refractivity (Wildman–Crippen MR) is 66.4 cm³/mol. The standard InChI is InChI=1S/C14H9F3N2O2/c15-14(16,17)21-12-5-3-11(4-6-12)20-9-10-2-1-7-19-13(10)8-18/h1-7H,9H2. The van der Waals surface area contributed by atoms with Crippen LogP contribution in [-0.4, -0.2) is 11.3 Å². The molecule has 1 heterocycles. The van der Waals surface area contributed by atoms with Gasteiger partial charge in [0, 0.05) is 11.8 Å². The molecule has 0 bridgehead atoms. The molecule has 0 fully saturated rings. The zero-order valence-corrected chi connectivity index (χ0v) is 10.6. The van der Waals surface area contributed by atoms with E-state index in [1.54, 1.807) is 12.1 Å². The molecule has 0 aliphatic carbocycles. The fourth-order valence-electron chi connectivity index (χ4n) is 1.55. The van der Waals surface area contributed by atoms with Crippen LogP contribution in [0.3, 0.4) is 0 Å². The Morgan fingerprint density at radius 2 is 1.76 bits per heavy atom. The third-order valence-corrected chi connectivity index (χ3v) is 2.45. The number of nitrogens with zero attached hydrogens (tertiary/aromatic N) is 2. The number of alkyl halides is 3. The van der Waals surface area contributed by atoms with Crippen LogP contribution in [0.5, 0.6) is 11.5 Å². The lowest BCUT2D eigenvalue weighted by molar-refractivity contribution is -0.274. The van der Waals surface area contributed by atoms with Crippen molar-refractivity contribution in [1.82, 2.24) is 4.98 Å². The Morgan fingerprint density at radius 1 is 1.10 bits per heavy atom. The molecule has 2 aromatic rings. The lowest BCUT2D eigenvalue weighted by atomic mass is 10.2. The number of hydrogen-bond acceptors (Lipinski definition) is 4. The summed E-state index contributed by atoms with van der Waals surface area (Å²) in [5, 5.41) is 8.87. The second-order valence-electron chi connectivity index (χ2n) is 3.93. The summed E-state index contributed by atoms with van der Waals surface area (Å²) < 4.78 is 45.2. The van der Waals surface area contributed by atoms with Crippen molar-refractivity contribution >= 4 is 0 Å². The molecule has 0 unspecified atom stereocenters. The van der Waals surface area contributed by atoms with Gasteiger partial charge in [0.05, 0.1) is 0 Å². The first-order valence-corrected chi connectivity index (χ1v) is 5.80. The number of aromatic nitrogens is 1. The zero-order valence-electron chi connectivity index (χ0n) is 10.6. The number of nitriles is 1. The van der Waals surface area contributed by atoms with Crippen molar-refractivity contribution in [3.63, 3.8) is 0 Å². The predicted octanol–water partition coefficient (Wildman–Crippen LogP) is 3.43. The maximum Gasteiger partial charge on any atom is 0.573 e. The Bertz CT molecular complexity index is 649. The van der Waals surface area contributed by atoms with E-state index in [1.807, 2.05) is 6.07 Å². The molecule has 1 aromatic heterocycles. The molecule has 108 valence electrons. The Labute approximate surface area is 118 Å². The van der Waals surface area contributed by atoms with Gasteiger partial charge in [-0.3, -0.25) is 0 Å².